The Kier molecular flexibility index (Phi) is 5.17. The van der Waals surface area contributed by atoms with Crippen LogP contribution in [0.15, 0.2) is 18.3 Å². The number of urea groups is 1. The first-order valence-electron chi connectivity index (χ1n) is 8.45. The topological polar surface area (TPSA) is 91.8 Å². The van der Waals surface area contributed by atoms with Gasteiger partial charge < -0.3 is 20.1 Å². The number of aliphatic carboxylic acids is 1. The molecule has 0 unspecified atom stereocenters. The molecule has 7 nitrogen and oxygen atoms in total. The lowest BCUT2D eigenvalue weighted by Gasteiger charge is -2.30. The van der Waals surface area contributed by atoms with Crippen molar-refractivity contribution in [3.8, 4) is 5.88 Å². The molecular weight excluding hydrogens is 310 g/mol. The van der Waals surface area contributed by atoms with Crippen molar-refractivity contribution >= 4 is 12.0 Å². The van der Waals surface area contributed by atoms with Crippen LogP contribution in [0.2, 0.25) is 0 Å². The van der Waals surface area contributed by atoms with E-state index in [1.165, 1.54) is 12.8 Å². The number of nitrogens with zero attached hydrogens (tertiary/aromatic N) is 2. The average molecular weight is 333 g/mol. The number of hydrogen-bond acceptors (Lipinski definition) is 4. The standard InChI is InChI=1S/C17H23N3O4/c21-16(22)14-5-7-20(8-6-14)17(23)19-10-13-3-4-15(18-9-13)24-11-12-1-2-12/h3-4,9,12,14H,1-2,5-8,10-11H2,(H,19,23)(H,21,22). The number of piperidine rings is 1. The Hall–Kier alpha value is -2.31. The number of carbonyl (C=O) groups is 2. The van der Waals surface area contributed by atoms with Crippen LogP contribution in [0.1, 0.15) is 31.2 Å². The Morgan fingerprint density at radius 1 is 1.25 bits per heavy atom. The van der Waals surface area contributed by atoms with Crippen molar-refractivity contribution in [3.63, 3.8) is 0 Å². The van der Waals surface area contributed by atoms with Gasteiger partial charge in [-0.3, -0.25) is 4.79 Å². The van der Waals surface area contributed by atoms with E-state index in [9.17, 15) is 9.59 Å². The molecule has 2 N–H and O–H groups in total. The molecule has 7 heteroatoms. The third-order valence-corrected chi connectivity index (χ3v) is 4.54. The summed E-state index contributed by atoms with van der Waals surface area (Å²) in [7, 11) is 0. The molecule has 0 atom stereocenters. The Balaban J connectivity index is 1.40. The molecule has 130 valence electrons. The van der Waals surface area contributed by atoms with Crippen LogP contribution in [0.4, 0.5) is 4.79 Å². The predicted molar refractivity (Wildman–Crippen MR) is 86.6 cm³/mol. The van der Waals surface area contributed by atoms with Gasteiger partial charge in [0.15, 0.2) is 0 Å². The quantitative estimate of drug-likeness (QED) is 0.829. The number of carboxylic acids is 1. The third-order valence-electron chi connectivity index (χ3n) is 4.54. The highest BCUT2D eigenvalue weighted by atomic mass is 16.5. The molecular formula is C17H23N3O4. The molecule has 2 heterocycles. The largest absolute Gasteiger partial charge is 0.481 e. The van der Waals surface area contributed by atoms with Gasteiger partial charge in [0.1, 0.15) is 0 Å². The summed E-state index contributed by atoms with van der Waals surface area (Å²) in [5, 5.41) is 11.8. The summed E-state index contributed by atoms with van der Waals surface area (Å²) in [6, 6.07) is 3.56. The van der Waals surface area contributed by atoms with Crippen LogP contribution in [0, 0.1) is 11.8 Å². The van der Waals surface area contributed by atoms with E-state index < -0.39 is 5.97 Å². The number of rotatable bonds is 6. The van der Waals surface area contributed by atoms with Gasteiger partial charge in [-0.1, -0.05) is 6.07 Å². The number of nitrogens with one attached hydrogen (secondary N) is 1. The van der Waals surface area contributed by atoms with Crippen molar-refractivity contribution in [1.82, 2.24) is 15.2 Å². The molecule has 1 aliphatic carbocycles. The highest BCUT2D eigenvalue weighted by Gasteiger charge is 2.26. The third kappa shape index (κ3) is 4.59. The van der Waals surface area contributed by atoms with Gasteiger partial charge >= 0.3 is 12.0 Å². The number of hydrogen-bond donors (Lipinski definition) is 2. The zero-order chi connectivity index (χ0) is 16.9. The van der Waals surface area contributed by atoms with Crippen molar-refractivity contribution < 1.29 is 19.4 Å². The first-order chi connectivity index (χ1) is 11.6. The molecule has 24 heavy (non-hydrogen) atoms. The van der Waals surface area contributed by atoms with Crippen molar-refractivity contribution in [2.24, 2.45) is 11.8 Å². The van der Waals surface area contributed by atoms with E-state index in [1.807, 2.05) is 12.1 Å². The van der Waals surface area contributed by atoms with Crippen LogP contribution in [-0.2, 0) is 11.3 Å². The normalized spacial score (nSPS) is 18.2. The van der Waals surface area contributed by atoms with E-state index in [-0.39, 0.29) is 11.9 Å². The highest BCUT2D eigenvalue weighted by Crippen LogP contribution is 2.29. The fourth-order valence-electron chi connectivity index (χ4n) is 2.71. The van der Waals surface area contributed by atoms with E-state index in [2.05, 4.69) is 10.3 Å². The van der Waals surface area contributed by atoms with Gasteiger partial charge in [0.25, 0.3) is 0 Å². The Morgan fingerprint density at radius 2 is 2.00 bits per heavy atom. The van der Waals surface area contributed by atoms with Crippen LogP contribution >= 0.6 is 0 Å². The van der Waals surface area contributed by atoms with Crippen LogP contribution in [0.5, 0.6) is 5.88 Å². The van der Waals surface area contributed by atoms with E-state index in [1.54, 1.807) is 11.1 Å². The highest BCUT2D eigenvalue weighted by molar-refractivity contribution is 5.75. The maximum Gasteiger partial charge on any atom is 0.317 e. The maximum absolute atomic E-state index is 12.1. The lowest BCUT2D eigenvalue weighted by molar-refractivity contribution is -0.143. The van der Waals surface area contributed by atoms with Crippen LogP contribution in [-0.4, -0.2) is 46.7 Å². The molecule has 1 aliphatic heterocycles. The number of pyridine rings is 1. The van der Waals surface area contributed by atoms with E-state index >= 15 is 0 Å². The van der Waals surface area contributed by atoms with Crippen LogP contribution in [0.3, 0.4) is 0 Å². The summed E-state index contributed by atoms with van der Waals surface area (Å²) in [6.07, 6.45) is 5.22. The molecule has 2 fully saturated rings. The molecule has 0 bridgehead atoms. The molecule has 1 aromatic heterocycles. The first-order valence-corrected chi connectivity index (χ1v) is 8.45. The number of likely N-dealkylation sites (tertiary alicyclic amines) is 1. The average Bonchev–Trinajstić information content (AvgIpc) is 3.43. The van der Waals surface area contributed by atoms with E-state index in [0.717, 1.165) is 12.2 Å². The van der Waals surface area contributed by atoms with Crippen molar-refractivity contribution in [1.29, 1.82) is 0 Å². The Morgan fingerprint density at radius 3 is 2.58 bits per heavy atom. The minimum absolute atomic E-state index is 0.159. The predicted octanol–water partition coefficient (Wildman–Crippen LogP) is 1.88. The van der Waals surface area contributed by atoms with Gasteiger partial charge in [0, 0.05) is 31.9 Å². The molecule has 0 radical (unpaired) electrons. The SMILES string of the molecule is O=C(O)C1CCN(C(=O)NCc2ccc(OCC3CC3)nc2)CC1. The zero-order valence-electron chi connectivity index (χ0n) is 13.6. The van der Waals surface area contributed by atoms with Crippen molar-refractivity contribution in [2.45, 2.75) is 32.2 Å². The maximum atomic E-state index is 12.1. The second-order valence-corrected chi connectivity index (χ2v) is 6.52. The molecule has 0 spiro atoms. The number of amides is 2. The summed E-state index contributed by atoms with van der Waals surface area (Å²) >= 11 is 0. The summed E-state index contributed by atoms with van der Waals surface area (Å²) in [4.78, 5) is 29.0. The second kappa shape index (κ2) is 7.51. The van der Waals surface area contributed by atoms with Gasteiger partial charge in [-0.2, -0.15) is 0 Å². The van der Waals surface area contributed by atoms with Crippen LogP contribution < -0.4 is 10.1 Å². The molecule has 1 saturated heterocycles. The number of carbonyl (C=O) groups excluding carboxylic acids is 1. The summed E-state index contributed by atoms with van der Waals surface area (Å²) in [5.41, 5.74) is 0.905. The minimum atomic E-state index is -0.773. The van der Waals surface area contributed by atoms with Gasteiger partial charge in [-0.25, -0.2) is 9.78 Å². The van der Waals surface area contributed by atoms with E-state index in [0.29, 0.717) is 44.3 Å². The summed E-state index contributed by atoms with van der Waals surface area (Å²) in [6.45, 7) is 2.09. The first kappa shape index (κ1) is 16.5. The Labute approximate surface area is 141 Å². The van der Waals surface area contributed by atoms with Crippen molar-refractivity contribution in [3.05, 3.63) is 23.9 Å². The van der Waals surface area contributed by atoms with Gasteiger partial charge in [-0.05, 0) is 37.2 Å². The van der Waals surface area contributed by atoms with E-state index in [4.69, 9.17) is 9.84 Å². The fraction of sp³-hybridized carbons (Fsp3) is 0.588. The van der Waals surface area contributed by atoms with Gasteiger partial charge in [0.2, 0.25) is 5.88 Å². The Bertz CT molecular complexity index is 578. The second-order valence-electron chi connectivity index (χ2n) is 6.52. The zero-order valence-corrected chi connectivity index (χ0v) is 13.6. The molecule has 2 aliphatic rings. The molecule has 2 amide bonds. The minimum Gasteiger partial charge on any atom is -0.481 e. The van der Waals surface area contributed by atoms with Gasteiger partial charge in [0.05, 0.1) is 12.5 Å². The lowest BCUT2D eigenvalue weighted by atomic mass is 9.97. The monoisotopic (exact) mass is 333 g/mol. The molecule has 3 rings (SSSR count). The molecule has 1 aromatic rings. The number of ether oxygens (including phenoxy) is 1. The lowest BCUT2D eigenvalue weighted by Crippen LogP contribution is -2.45. The number of aromatic nitrogens is 1. The van der Waals surface area contributed by atoms with Gasteiger partial charge in [-0.15, -0.1) is 0 Å². The molecule has 0 aromatic carbocycles. The van der Waals surface area contributed by atoms with Crippen molar-refractivity contribution in [2.75, 3.05) is 19.7 Å². The van der Waals surface area contributed by atoms with Crippen LogP contribution in [0.25, 0.3) is 0 Å². The summed E-state index contributed by atoms with van der Waals surface area (Å²) < 4.78 is 5.58. The molecule has 1 saturated carbocycles. The summed E-state index contributed by atoms with van der Waals surface area (Å²) in [5.74, 6) is 0.204. The fourth-order valence-corrected chi connectivity index (χ4v) is 2.71. The smallest absolute Gasteiger partial charge is 0.317 e. The number of carboxylic acid groups (broad SMARTS) is 1.